The summed E-state index contributed by atoms with van der Waals surface area (Å²) in [7, 11) is -1.70. The number of ether oxygens (including phenoxy) is 1. The highest BCUT2D eigenvalue weighted by molar-refractivity contribution is 7.89. The van der Waals surface area contributed by atoms with Crippen molar-refractivity contribution >= 4 is 39.1 Å². The number of piperazine rings is 1. The van der Waals surface area contributed by atoms with Crippen LogP contribution >= 0.6 is 23.2 Å². The van der Waals surface area contributed by atoms with E-state index in [4.69, 9.17) is 27.9 Å². The number of amides is 1. The lowest BCUT2D eigenvalue weighted by Crippen LogP contribution is -2.51. The lowest BCUT2D eigenvalue weighted by molar-refractivity contribution is -0.136. The van der Waals surface area contributed by atoms with Crippen LogP contribution in [0.25, 0.3) is 0 Å². The van der Waals surface area contributed by atoms with Crippen LogP contribution in [-0.4, -0.2) is 81.4 Å². The van der Waals surface area contributed by atoms with Crippen LogP contribution in [0.5, 0.6) is 5.75 Å². The second-order valence-corrected chi connectivity index (χ2v) is 12.3. The van der Waals surface area contributed by atoms with Gasteiger partial charge in [0.05, 0.1) is 11.5 Å². The van der Waals surface area contributed by atoms with E-state index in [1.54, 1.807) is 0 Å². The van der Waals surface area contributed by atoms with Gasteiger partial charge in [-0.25, -0.2) is 8.42 Å². The van der Waals surface area contributed by atoms with Gasteiger partial charge in [-0.3, -0.25) is 4.79 Å². The van der Waals surface area contributed by atoms with Crippen LogP contribution in [0, 0.1) is 5.41 Å². The summed E-state index contributed by atoms with van der Waals surface area (Å²) in [5.41, 5.74) is -0.450. The van der Waals surface area contributed by atoms with Gasteiger partial charge in [0.1, 0.15) is 5.75 Å². The predicted molar refractivity (Wildman–Crippen MR) is 138 cm³/mol. The number of hydrogen-bond acceptors (Lipinski definition) is 5. The number of likely N-dealkylation sites (N-methyl/N-ethyl adjacent to an activating group) is 1. The zero-order chi connectivity index (χ0) is 25.1. The minimum atomic E-state index is -3.76. The van der Waals surface area contributed by atoms with Crippen molar-refractivity contribution in [2.75, 3.05) is 52.9 Å². The maximum Gasteiger partial charge on any atom is 0.243 e. The number of carbonyl (C=O) groups excluding carboxylic acids is 1. The first kappa shape index (κ1) is 26.2. The molecular formula is C25H31Cl2N3O4S. The summed E-state index contributed by atoms with van der Waals surface area (Å²) in [6, 6.07) is 13.8. The average Bonchev–Trinajstić information content (AvgIpc) is 2.83. The summed E-state index contributed by atoms with van der Waals surface area (Å²) >= 11 is 12.1. The van der Waals surface area contributed by atoms with E-state index in [-0.39, 0.29) is 20.8 Å². The summed E-state index contributed by atoms with van der Waals surface area (Å²) in [5, 5.41) is 0.549. The number of carbonyl (C=O) groups is 1. The molecule has 0 unspecified atom stereocenters. The van der Waals surface area contributed by atoms with Gasteiger partial charge < -0.3 is 14.5 Å². The highest BCUT2D eigenvalue weighted by Gasteiger charge is 2.42. The molecule has 0 saturated carbocycles. The molecule has 2 saturated heterocycles. The summed E-state index contributed by atoms with van der Waals surface area (Å²) in [5.74, 6) is 0.843. The van der Waals surface area contributed by atoms with Gasteiger partial charge in [0.2, 0.25) is 15.9 Å². The van der Waals surface area contributed by atoms with E-state index in [2.05, 4.69) is 11.9 Å². The Bertz CT molecular complexity index is 1110. The van der Waals surface area contributed by atoms with Gasteiger partial charge >= 0.3 is 0 Å². The first-order valence-electron chi connectivity index (χ1n) is 11.8. The molecule has 0 aromatic heterocycles. The fraction of sp³-hybridized carbons (Fsp3) is 0.480. The number of para-hydroxylation sites is 1. The molecule has 35 heavy (non-hydrogen) atoms. The Labute approximate surface area is 217 Å². The van der Waals surface area contributed by atoms with Gasteiger partial charge in [0.15, 0.2) is 0 Å². The Morgan fingerprint density at radius 3 is 2.14 bits per heavy atom. The van der Waals surface area contributed by atoms with Crippen molar-refractivity contribution in [2.24, 2.45) is 5.41 Å². The van der Waals surface area contributed by atoms with E-state index in [0.29, 0.717) is 52.0 Å². The van der Waals surface area contributed by atoms with Gasteiger partial charge in [0.25, 0.3) is 0 Å². The number of hydrogen-bond donors (Lipinski definition) is 0. The molecule has 2 fully saturated rings. The fourth-order valence-electron chi connectivity index (χ4n) is 4.64. The maximum absolute atomic E-state index is 13.3. The van der Waals surface area contributed by atoms with Crippen molar-refractivity contribution in [1.29, 1.82) is 0 Å². The summed E-state index contributed by atoms with van der Waals surface area (Å²) in [6.07, 6.45) is 1.38. The smallest absolute Gasteiger partial charge is 0.243 e. The lowest BCUT2D eigenvalue weighted by atomic mass is 9.76. The van der Waals surface area contributed by atoms with Crippen LogP contribution in [-0.2, 0) is 14.8 Å². The molecule has 0 aliphatic carbocycles. The molecule has 2 aliphatic rings. The Morgan fingerprint density at radius 2 is 1.54 bits per heavy atom. The highest BCUT2D eigenvalue weighted by atomic mass is 35.5. The Balaban J connectivity index is 1.49. The van der Waals surface area contributed by atoms with Gasteiger partial charge in [-0.05, 0) is 50.2 Å². The maximum atomic E-state index is 13.3. The molecule has 4 rings (SSSR count). The third kappa shape index (κ3) is 6.49. The van der Waals surface area contributed by atoms with Gasteiger partial charge in [-0.2, -0.15) is 4.31 Å². The van der Waals surface area contributed by atoms with E-state index >= 15 is 0 Å². The number of piperidine rings is 1. The fourth-order valence-corrected chi connectivity index (χ4v) is 6.81. The zero-order valence-corrected chi connectivity index (χ0v) is 22.2. The number of nitrogens with zero attached hydrogens (tertiary/aromatic N) is 3. The molecule has 1 amide bonds. The molecule has 7 nitrogen and oxygen atoms in total. The standard InChI is InChI=1S/C25H31Cl2N3O4S/c1-28-11-13-29(14-12-28)24(31)18-25(19-34-22-5-3-2-4-6-22)7-9-30(10-8-25)35(32,33)23-16-20(26)15-21(27)17-23/h2-6,15-17H,7-14,18-19H2,1H3. The van der Waals surface area contributed by atoms with Crippen LogP contribution in [0.15, 0.2) is 53.4 Å². The molecule has 2 aliphatic heterocycles. The monoisotopic (exact) mass is 539 g/mol. The third-order valence-corrected chi connectivity index (χ3v) is 9.24. The highest BCUT2D eigenvalue weighted by Crippen LogP contribution is 2.38. The van der Waals surface area contributed by atoms with E-state index < -0.39 is 15.4 Å². The van der Waals surface area contributed by atoms with Crippen molar-refractivity contribution in [3.63, 3.8) is 0 Å². The van der Waals surface area contributed by atoms with Gasteiger partial charge in [0, 0.05) is 61.1 Å². The molecular weight excluding hydrogens is 509 g/mol. The molecule has 0 spiro atoms. The van der Waals surface area contributed by atoms with Crippen molar-refractivity contribution in [3.05, 3.63) is 58.6 Å². The quantitative estimate of drug-likeness (QED) is 0.531. The van der Waals surface area contributed by atoms with Gasteiger partial charge in [-0.15, -0.1) is 0 Å². The second-order valence-electron chi connectivity index (χ2n) is 9.47. The number of sulfonamides is 1. The predicted octanol–water partition coefficient (Wildman–Crippen LogP) is 4.01. The molecule has 0 atom stereocenters. The first-order chi connectivity index (χ1) is 16.7. The van der Waals surface area contributed by atoms with Crippen molar-refractivity contribution < 1.29 is 17.9 Å². The largest absolute Gasteiger partial charge is 0.493 e. The van der Waals surface area contributed by atoms with E-state index in [0.717, 1.165) is 18.8 Å². The van der Waals surface area contributed by atoms with Crippen molar-refractivity contribution in [2.45, 2.75) is 24.2 Å². The molecule has 0 N–H and O–H groups in total. The Morgan fingerprint density at radius 1 is 0.943 bits per heavy atom. The van der Waals surface area contributed by atoms with Crippen molar-refractivity contribution in [3.8, 4) is 5.75 Å². The van der Waals surface area contributed by atoms with E-state index in [9.17, 15) is 13.2 Å². The molecule has 0 radical (unpaired) electrons. The summed E-state index contributed by atoms with van der Waals surface area (Å²) in [6.45, 7) is 4.07. The third-order valence-electron chi connectivity index (χ3n) is 6.93. The van der Waals surface area contributed by atoms with Crippen LogP contribution < -0.4 is 4.74 Å². The number of rotatable bonds is 7. The van der Waals surface area contributed by atoms with Crippen molar-refractivity contribution in [1.82, 2.24) is 14.1 Å². The van der Waals surface area contributed by atoms with E-state index in [1.165, 1.54) is 22.5 Å². The zero-order valence-electron chi connectivity index (χ0n) is 19.8. The molecule has 0 bridgehead atoms. The SMILES string of the molecule is CN1CCN(C(=O)CC2(COc3ccccc3)CCN(S(=O)(=O)c3cc(Cl)cc(Cl)c3)CC2)CC1. The first-order valence-corrected chi connectivity index (χ1v) is 14.0. The molecule has 2 aromatic rings. The lowest BCUT2D eigenvalue weighted by Gasteiger charge is -2.42. The molecule has 2 aromatic carbocycles. The number of halogens is 2. The Hall–Kier alpha value is -1.84. The van der Waals surface area contributed by atoms with Gasteiger partial charge in [-0.1, -0.05) is 41.4 Å². The average molecular weight is 541 g/mol. The van der Waals surface area contributed by atoms with Crippen LogP contribution in [0.3, 0.4) is 0 Å². The normalized spacial score (nSPS) is 19.5. The van der Waals surface area contributed by atoms with E-state index in [1.807, 2.05) is 35.2 Å². The summed E-state index contributed by atoms with van der Waals surface area (Å²) < 4.78 is 34.1. The second kappa shape index (κ2) is 11.0. The van der Waals surface area contributed by atoms with Crippen LogP contribution in [0.1, 0.15) is 19.3 Å². The molecule has 2 heterocycles. The molecule has 10 heteroatoms. The minimum Gasteiger partial charge on any atom is -0.493 e. The Kier molecular flexibility index (Phi) is 8.28. The van der Waals surface area contributed by atoms with Crippen LogP contribution in [0.2, 0.25) is 10.0 Å². The summed E-state index contributed by atoms with van der Waals surface area (Å²) in [4.78, 5) is 17.5. The minimum absolute atomic E-state index is 0.0801. The topological polar surface area (TPSA) is 70.2 Å². The number of benzene rings is 2. The molecule has 190 valence electrons. The van der Waals surface area contributed by atoms with Crippen LogP contribution in [0.4, 0.5) is 0 Å².